The van der Waals surface area contributed by atoms with Crippen LogP contribution in [0.3, 0.4) is 0 Å². The Kier molecular flexibility index (Phi) is 3.29. The normalized spacial score (nSPS) is 30.5. The predicted molar refractivity (Wildman–Crippen MR) is 71.8 cm³/mol. The first-order valence-electron chi connectivity index (χ1n) is 7.42. The Morgan fingerprint density at radius 3 is 2.79 bits per heavy atom. The summed E-state index contributed by atoms with van der Waals surface area (Å²) in [6, 6.07) is 0.278. The summed E-state index contributed by atoms with van der Waals surface area (Å²) >= 11 is 0. The highest BCUT2D eigenvalue weighted by Crippen LogP contribution is 2.38. The second-order valence-electron chi connectivity index (χ2n) is 6.00. The molecule has 0 saturated heterocycles. The highest BCUT2D eigenvalue weighted by Gasteiger charge is 2.34. The highest BCUT2D eigenvalue weighted by molar-refractivity contribution is 5.90. The van der Waals surface area contributed by atoms with E-state index >= 15 is 0 Å². The molecule has 2 fully saturated rings. The minimum absolute atomic E-state index is 0.128. The summed E-state index contributed by atoms with van der Waals surface area (Å²) in [6.07, 6.45) is 5.80. The Labute approximate surface area is 113 Å². The van der Waals surface area contributed by atoms with E-state index in [4.69, 9.17) is 0 Å². The summed E-state index contributed by atoms with van der Waals surface area (Å²) < 4.78 is 0. The molecule has 104 valence electrons. The number of carbonyl (C=O) groups excluding carboxylic acids is 1. The van der Waals surface area contributed by atoms with Gasteiger partial charge in [0, 0.05) is 12.0 Å². The maximum Gasteiger partial charge on any atom is 0.291 e. The molecule has 2 aliphatic rings. The smallest absolute Gasteiger partial charge is 0.291 e. The summed E-state index contributed by atoms with van der Waals surface area (Å²) in [5.41, 5.74) is 0. The molecule has 2 N–H and O–H groups in total. The third-order valence-corrected chi connectivity index (χ3v) is 4.74. The van der Waals surface area contributed by atoms with E-state index in [1.165, 1.54) is 12.8 Å². The Hall–Kier alpha value is -1.39. The Bertz CT molecular complexity index is 466. The van der Waals surface area contributed by atoms with Gasteiger partial charge in [-0.2, -0.15) is 0 Å². The van der Waals surface area contributed by atoms with Crippen molar-refractivity contribution >= 4 is 5.91 Å². The molecule has 0 aromatic carbocycles. The number of H-pyrrole nitrogens is 1. The number of rotatable bonds is 4. The molecule has 0 radical (unpaired) electrons. The number of hydrogen-bond acceptors (Lipinski definition) is 3. The van der Waals surface area contributed by atoms with Gasteiger partial charge in [0.05, 0.1) is 0 Å². The zero-order valence-corrected chi connectivity index (χ0v) is 11.6. The van der Waals surface area contributed by atoms with Crippen molar-refractivity contribution < 1.29 is 4.79 Å². The van der Waals surface area contributed by atoms with Crippen molar-refractivity contribution in [1.82, 2.24) is 20.5 Å². The summed E-state index contributed by atoms with van der Waals surface area (Å²) in [7, 11) is 0. The van der Waals surface area contributed by atoms with Crippen LogP contribution in [0, 0.1) is 11.8 Å². The third kappa shape index (κ3) is 2.51. The van der Waals surface area contributed by atoms with E-state index in [1.54, 1.807) is 0 Å². The van der Waals surface area contributed by atoms with Gasteiger partial charge in [-0.1, -0.05) is 20.3 Å². The largest absolute Gasteiger partial charge is 0.346 e. The summed E-state index contributed by atoms with van der Waals surface area (Å²) in [4.78, 5) is 16.4. The molecule has 0 aliphatic heterocycles. The second-order valence-corrected chi connectivity index (χ2v) is 6.00. The average molecular weight is 262 g/mol. The number of carbonyl (C=O) groups is 1. The molecule has 1 amide bonds. The molecule has 19 heavy (non-hydrogen) atoms. The molecule has 0 spiro atoms. The molecule has 3 atom stereocenters. The van der Waals surface area contributed by atoms with Gasteiger partial charge in [0.1, 0.15) is 5.82 Å². The van der Waals surface area contributed by atoms with Crippen molar-refractivity contribution in [1.29, 1.82) is 0 Å². The van der Waals surface area contributed by atoms with Crippen molar-refractivity contribution in [2.45, 2.75) is 57.9 Å². The molecule has 3 unspecified atom stereocenters. The first-order valence-corrected chi connectivity index (χ1v) is 7.42. The van der Waals surface area contributed by atoms with Crippen LogP contribution in [0.15, 0.2) is 0 Å². The number of amides is 1. The van der Waals surface area contributed by atoms with Crippen LogP contribution in [-0.4, -0.2) is 27.1 Å². The molecule has 1 aromatic heterocycles. The van der Waals surface area contributed by atoms with Crippen molar-refractivity contribution in [2.75, 3.05) is 0 Å². The standard InChI is InChI=1S/C14H22N4O/c1-3-9-6-7-11(8(9)2)15-14(19)13-16-12(17-18-13)10-4-5-10/h8-11H,3-7H2,1-2H3,(H,15,19)(H,16,17,18). The number of hydrogen-bond donors (Lipinski definition) is 2. The van der Waals surface area contributed by atoms with Gasteiger partial charge >= 0.3 is 0 Å². The van der Waals surface area contributed by atoms with Gasteiger partial charge in [0.2, 0.25) is 5.82 Å². The maximum atomic E-state index is 12.1. The molecule has 5 nitrogen and oxygen atoms in total. The van der Waals surface area contributed by atoms with Crippen LogP contribution in [0.1, 0.15) is 68.3 Å². The molecule has 3 rings (SSSR count). The van der Waals surface area contributed by atoms with E-state index in [-0.39, 0.29) is 11.9 Å². The summed E-state index contributed by atoms with van der Waals surface area (Å²) in [5.74, 6) is 2.83. The van der Waals surface area contributed by atoms with Crippen LogP contribution in [0.4, 0.5) is 0 Å². The maximum absolute atomic E-state index is 12.1. The van der Waals surface area contributed by atoms with Crippen molar-refractivity contribution in [3.63, 3.8) is 0 Å². The quantitative estimate of drug-likeness (QED) is 0.874. The van der Waals surface area contributed by atoms with Gasteiger partial charge < -0.3 is 5.32 Å². The third-order valence-electron chi connectivity index (χ3n) is 4.74. The number of nitrogens with zero attached hydrogens (tertiary/aromatic N) is 2. The van der Waals surface area contributed by atoms with Crippen LogP contribution in [0.5, 0.6) is 0 Å². The number of aromatic nitrogens is 3. The fourth-order valence-electron chi connectivity index (χ4n) is 3.18. The molecular weight excluding hydrogens is 240 g/mol. The second kappa shape index (κ2) is 4.94. The van der Waals surface area contributed by atoms with Crippen LogP contribution in [0.2, 0.25) is 0 Å². The van der Waals surface area contributed by atoms with Gasteiger partial charge in [-0.25, -0.2) is 4.98 Å². The average Bonchev–Trinajstić information content (AvgIpc) is 3.04. The lowest BCUT2D eigenvalue weighted by molar-refractivity contribution is 0.0916. The van der Waals surface area contributed by atoms with E-state index in [0.29, 0.717) is 17.7 Å². The Balaban J connectivity index is 1.61. The number of aromatic amines is 1. The lowest BCUT2D eigenvalue weighted by Gasteiger charge is -2.20. The van der Waals surface area contributed by atoms with Gasteiger partial charge in [-0.3, -0.25) is 9.89 Å². The van der Waals surface area contributed by atoms with E-state index < -0.39 is 0 Å². The molecule has 2 aliphatic carbocycles. The molecule has 1 aromatic rings. The van der Waals surface area contributed by atoms with E-state index in [9.17, 15) is 4.79 Å². The number of nitrogens with one attached hydrogen (secondary N) is 2. The van der Waals surface area contributed by atoms with Crippen LogP contribution < -0.4 is 5.32 Å². The fourth-order valence-corrected chi connectivity index (χ4v) is 3.18. The fraction of sp³-hybridized carbons (Fsp3) is 0.786. The molecule has 1 heterocycles. The predicted octanol–water partition coefficient (Wildman–Crippen LogP) is 2.24. The SMILES string of the molecule is CCC1CCC(NC(=O)c2n[nH]c(C3CC3)n2)C1C. The first-order chi connectivity index (χ1) is 9.19. The molecule has 2 saturated carbocycles. The monoisotopic (exact) mass is 262 g/mol. The highest BCUT2D eigenvalue weighted by atomic mass is 16.2. The van der Waals surface area contributed by atoms with E-state index in [2.05, 4.69) is 34.3 Å². The minimum Gasteiger partial charge on any atom is -0.346 e. The van der Waals surface area contributed by atoms with Gasteiger partial charge in [-0.15, -0.1) is 5.10 Å². The van der Waals surface area contributed by atoms with Crippen LogP contribution in [-0.2, 0) is 0 Å². The molecule has 0 bridgehead atoms. The lowest BCUT2D eigenvalue weighted by Crippen LogP contribution is -2.38. The first kappa shape index (κ1) is 12.6. The van der Waals surface area contributed by atoms with Crippen LogP contribution >= 0.6 is 0 Å². The minimum atomic E-state index is -0.128. The lowest BCUT2D eigenvalue weighted by atomic mass is 9.93. The van der Waals surface area contributed by atoms with E-state index in [1.807, 2.05) is 0 Å². The van der Waals surface area contributed by atoms with Crippen molar-refractivity contribution in [3.8, 4) is 0 Å². The van der Waals surface area contributed by atoms with Crippen LogP contribution in [0.25, 0.3) is 0 Å². The Morgan fingerprint density at radius 2 is 2.16 bits per heavy atom. The zero-order valence-electron chi connectivity index (χ0n) is 11.6. The summed E-state index contributed by atoms with van der Waals surface area (Å²) in [6.45, 7) is 4.46. The van der Waals surface area contributed by atoms with Gasteiger partial charge in [0.25, 0.3) is 5.91 Å². The van der Waals surface area contributed by atoms with Gasteiger partial charge in [0.15, 0.2) is 0 Å². The van der Waals surface area contributed by atoms with E-state index in [0.717, 1.165) is 31.0 Å². The topological polar surface area (TPSA) is 70.7 Å². The molecular formula is C14H22N4O. The van der Waals surface area contributed by atoms with Crippen molar-refractivity contribution in [3.05, 3.63) is 11.6 Å². The summed E-state index contributed by atoms with van der Waals surface area (Å²) in [5, 5.41) is 10.0. The van der Waals surface area contributed by atoms with Gasteiger partial charge in [-0.05, 0) is 37.5 Å². The molecule has 5 heteroatoms. The zero-order chi connectivity index (χ0) is 13.4. The van der Waals surface area contributed by atoms with Crippen molar-refractivity contribution in [2.24, 2.45) is 11.8 Å². The Morgan fingerprint density at radius 1 is 1.37 bits per heavy atom.